The predicted octanol–water partition coefficient (Wildman–Crippen LogP) is 2.18. The maximum absolute atomic E-state index is 11.8. The zero-order chi connectivity index (χ0) is 18.0. The summed E-state index contributed by atoms with van der Waals surface area (Å²) >= 11 is 1.07. The lowest BCUT2D eigenvalue weighted by Gasteiger charge is -2.08. The first-order valence-corrected chi connectivity index (χ1v) is 10.6. The van der Waals surface area contributed by atoms with Crippen molar-refractivity contribution < 1.29 is 22.4 Å². The van der Waals surface area contributed by atoms with Gasteiger partial charge < -0.3 is 9.15 Å². The molecule has 134 valence electrons. The minimum atomic E-state index is -3.07. The molecule has 1 aromatic carbocycles. The van der Waals surface area contributed by atoms with Crippen molar-refractivity contribution in [2.24, 2.45) is 0 Å². The molecule has 1 saturated heterocycles. The first-order chi connectivity index (χ1) is 11.8. The average molecular weight is 382 g/mol. The molecule has 0 unspecified atom stereocenters. The Kier molecular flexibility index (Phi) is 5.14. The van der Waals surface area contributed by atoms with E-state index in [-0.39, 0.29) is 22.5 Å². The summed E-state index contributed by atoms with van der Waals surface area (Å²) in [5, 5.41) is 8.19. The second-order valence-electron chi connectivity index (χ2n) is 6.05. The lowest BCUT2D eigenvalue weighted by molar-refractivity contribution is -0.144. The lowest BCUT2D eigenvalue weighted by atomic mass is 10.1. The van der Waals surface area contributed by atoms with Crippen LogP contribution in [0.2, 0.25) is 0 Å². The van der Waals surface area contributed by atoms with Gasteiger partial charge in [-0.05, 0) is 32.4 Å². The molecule has 0 amide bonds. The highest BCUT2D eigenvalue weighted by atomic mass is 32.2. The van der Waals surface area contributed by atoms with Crippen molar-refractivity contribution in [1.29, 1.82) is 0 Å². The molecule has 7 nitrogen and oxygen atoms in total. The summed E-state index contributed by atoms with van der Waals surface area (Å²) in [6.45, 7) is 3.98. The summed E-state index contributed by atoms with van der Waals surface area (Å²) < 4.78 is 33.4. The van der Waals surface area contributed by atoms with Crippen LogP contribution >= 0.6 is 11.8 Å². The molecule has 0 saturated carbocycles. The Balaban J connectivity index is 1.56. The molecule has 1 atom stereocenters. The fourth-order valence-corrected chi connectivity index (χ4v) is 4.81. The van der Waals surface area contributed by atoms with Gasteiger partial charge in [0.15, 0.2) is 9.84 Å². The average Bonchev–Trinajstić information content (AvgIpc) is 3.11. The molecule has 0 radical (unpaired) electrons. The van der Waals surface area contributed by atoms with E-state index in [1.54, 1.807) is 0 Å². The van der Waals surface area contributed by atoms with Gasteiger partial charge in [0, 0.05) is 5.56 Å². The molecule has 1 aliphatic heterocycles. The largest absolute Gasteiger partial charge is 0.461 e. The Bertz CT molecular complexity index is 871. The van der Waals surface area contributed by atoms with E-state index in [9.17, 15) is 13.2 Å². The predicted molar refractivity (Wildman–Crippen MR) is 93.1 cm³/mol. The van der Waals surface area contributed by atoms with Crippen molar-refractivity contribution in [3.05, 3.63) is 29.3 Å². The summed E-state index contributed by atoms with van der Waals surface area (Å²) in [6, 6.07) is 5.95. The minimum Gasteiger partial charge on any atom is -0.461 e. The van der Waals surface area contributed by atoms with Gasteiger partial charge >= 0.3 is 5.97 Å². The SMILES string of the molecule is Cc1cc(C)cc(-c2nnc(SCC(=O)O[C@H]3CCS(=O)(=O)C3)o2)c1. The number of hydrogen-bond donors (Lipinski definition) is 0. The fourth-order valence-electron chi connectivity index (χ4n) is 2.68. The number of aromatic nitrogens is 2. The van der Waals surface area contributed by atoms with Crippen molar-refractivity contribution in [2.45, 2.75) is 31.6 Å². The van der Waals surface area contributed by atoms with Crippen molar-refractivity contribution in [3.63, 3.8) is 0 Å². The second kappa shape index (κ2) is 7.17. The number of benzene rings is 1. The van der Waals surface area contributed by atoms with E-state index in [1.165, 1.54) is 0 Å². The van der Waals surface area contributed by atoms with Crippen LogP contribution in [0.3, 0.4) is 0 Å². The van der Waals surface area contributed by atoms with Gasteiger partial charge in [-0.1, -0.05) is 29.0 Å². The Labute approximate surface area is 150 Å². The van der Waals surface area contributed by atoms with Crippen LogP contribution in [0.5, 0.6) is 0 Å². The van der Waals surface area contributed by atoms with Gasteiger partial charge in [0.25, 0.3) is 5.22 Å². The standard InChI is InChI=1S/C16H18N2O5S2/c1-10-5-11(2)7-12(6-10)15-17-18-16(23-15)24-8-14(19)22-13-3-4-25(20,21)9-13/h5-7,13H,3-4,8-9H2,1-2H3/t13-/m0/s1. The maximum Gasteiger partial charge on any atom is 0.316 e. The molecule has 2 aromatic rings. The summed E-state index contributed by atoms with van der Waals surface area (Å²) in [4.78, 5) is 11.8. The van der Waals surface area contributed by atoms with E-state index in [0.29, 0.717) is 12.3 Å². The molecule has 1 aromatic heterocycles. The second-order valence-corrected chi connectivity index (χ2v) is 9.21. The van der Waals surface area contributed by atoms with Crippen molar-refractivity contribution in [3.8, 4) is 11.5 Å². The van der Waals surface area contributed by atoms with E-state index < -0.39 is 21.9 Å². The van der Waals surface area contributed by atoms with E-state index in [1.807, 2.05) is 26.0 Å². The molecule has 9 heteroatoms. The van der Waals surface area contributed by atoms with Crippen LogP contribution in [0.4, 0.5) is 0 Å². The molecule has 1 aliphatic rings. The maximum atomic E-state index is 11.8. The lowest BCUT2D eigenvalue weighted by Crippen LogP contribution is -2.20. The van der Waals surface area contributed by atoms with Gasteiger partial charge in [0.2, 0.25) is 5.89 Å². The Morgan fingerprint density at radius 3 is 2.64 bits per heavy atom. The third-order valence-electron chi connectivity index (χ3n) is 3.68. The number of thioether (sulfide) groups is 1. The highest BCUT2D eigenvalue weighted by Gasteiger charge is 2.30. The molecule has 1 fully saturated rings. The van der Waals surface area contributed by atoms with Crippen molar-refractivity contribution >= 4 is 27.6 Å². The molecule has 0 aliphatic carbocycles. The third-order valence-corrected chi connectivity index (χ3v) is 6.21. The number of hydrogen-bond acceptors (Lipinski definition) is 8. The zero-order valence-corrected chi connectivity index (χ0v) is 15.5. The highest BCUT2D eigenvalue weighted by molar-refractivity contribution is 7.99. The highest BCUT2D eigenvalue weighted by Crippen LogP contribution is 2.25. The van der Waals surface area contributed by atoms with Gasteiger partial charge in [0.05, 0.1) is 11.5 Å². The summed E-state index contributed by atoms with van der Waals surface area (Å²) in [6.07, 6.45) is -0.192. The van der Waals surface area contributed by atoms with Crippen molar-refractivity contribution in [1.82, 2.24) is 10.2 Å². The van der Waals surface area contributed by atoms with E-state index in [2.05, 4.69) is 16.3 Å². The molecule has 0 bridgehead atoms. The monoisotopic (exact) mass is 382 g/mol. The number of carbonyl (C=O) groups is 1. The van der Waals surface area contributed by atoms with Crippen molar-refractivity contribution in [2.75, 3.05) is 17.3 Å². The van der Waals surface area contributed by atoms with Crippen LogP contribution < -0.4 is 0 Å². The molecule has 0 N–H and O–H groups in total. The molecule has 2 heterocycles. The topological polar surface area (TPSA) is 99.4 Å². The van der Waals surface area contributed by atoms with Gasteiger partial charge in [-0.25, -0.2) is 8.42 Å². The number of sulfone groups is 1. The molecule has 25 heavy (non-hydrogen) atoms. The van der Waals surface area contributed by atoms with Gasteiger partial charge in [-0.15, -0.1) is 10.2 Å². The molecular formula is C16H18N2O5S2. The number of rotatable bonds is 5. The molecule has 3 rings (SSSR count). The zero-order valence-electron chi connectivity index (χ0n) is 13.9. The van der Waals surface area contributed by atoms with E-state index in [4.69, 9.17) is 9.15 Å². The van der Waals surface area contributed by atoms with Gasteiger partial charge in [0.1, 0.15) is 11.9 Å². The Morgan fingerprint density at radius 1 is 1.28 bits per heavy atom. The van der Waals surface area contributed by atoms with Crippen LogP contribution in [-0.2, 0) is 19.4 Å². The molecule has 0 spiro atoms. The normalized spacial score (nSPS) is 19.0. The number of esters is 1. The van der Waals surface area contributed by atoms with Crippen LogP contribution in [0.15, 0.2) is 27.8 Å². The van der Waals surface area contributed by atoms with Crippen LogP contribution in [-0.4, -0.2) is 47.9 Å². The Morgan fingerprint density at radius 2 is 2.00 bits per heavy atom. The minimum absolute atomic E-state index is 0.00890. The van der Waals surface area contributed by atoms with E-state index in [0.717, 1.165) is 28.5 Å². The summed E-state index contributed by atoms with van der Waals surface area (Å²) in [5.74, 6) is -0.129. The third kappa shape index (κ3) is 4.82. The number of aryl methyl sites for hydroxylation is 2. The van der Waals surface area contributed by atoms with Crippen LogP contribution in [0, 0.1) is 13.8 Å². The summed E-state index contributed by atoms with van der Waals surface area (Å²) in [5.41, 5.74) is 3.02. The quantitative estimate of drug-likeness (QED) is 0.573. The first kappa shape index (κ1) is 17.9. The number of ether oxygens (including phenoxy) is 1. The molecular weight excluding hydrogens is 364 g/mol. The number of nitrogens with zero attached hydrogens (tertiary/aromatic N) is 2. The first-order valence-electron chi connectivity index (χ1n) is 7.75. The van der Waals surface area contributed by atoms with Gasteiger partial charge in [-0.3, -0.25) is 4.79 Å². The Hall–Kier alpha value is -1.87. The smallest absolute Gasteiger partial charge is 0.316 e. The van der Waals surface area contributed by atoms with Crippen LogP contribution in [0.25, 0.3) is 11.5 Å². The van der Waals surface area contributed by atoms with Crippen LogP contribution in [0.1, 0.15) is 17.5 Å². The van der Waals surface area contributed by atoms with E-state index >= 15 is 0 Å². The van der Waals surface area contributed by atoms with Gasteiger partial charge in [-0.2, -0.15) is 0 Å². The fraction of sp³-hybridized carbons (Fsp3) is 0.438. The summed E-state index contributed by atoms with van der Waals surface area (Å²) in [7, 11) is -3.07. The number of carbonyl (C=O) groups excluding carboxylic acids is 1.